The highest BCUT2D eigenvalue weighted by Gasteiger charge is 2.44. The molecule has 0 radical (unpaired) electrons. The third-order valence-corrected chi connectivity index (χ3v) is 7.77. The highest BCUT2D eigenvalue weighted by molar-refractivity contribution is 6.84. The predicted molar refractivity (Wildman–Crippen MR) is 165 cm³/mol. The number of hydrogen-bond acceptors (Lipinski definition) is 1. The number of terminal acetylenes is 1. The van der Waals surface area contributed by atoms with Crippen LogP contribution in [-0.2, 0) is 5.54 Å². The Bertz CT molecular complexity index is 1170. The van der Waals surface area contributed by atoms with Crippen LogP contribution in [0.2, 0.25) is 39.3 Å². The normalized spacial score (nSPS) is 11.8. The molecule has 3 heteroatoms. The van der Waals surface area contributed by atoms with E-state index in [1.54, 1.807) is 0 Å². The molecule has 0 amide bonds. The van der Waals surface area contributed by atoms with Gasteiger partial charge in [-0.05, 0) is 16.7 Å². The molecule has 1 nitrogen and oxygen atoms in total. The predicted octanol–water partition coefficient (Wildman–Crippen LogP) is 7.43. The largest absolute Gasteiger partial charge is 0.261 e. The van der Waals surface area contributed by atoms with Crippen molar-refractivity contribution in [3.05, 3.63) is 108 Å². The Kier molecular flexibility index (Phi) is 9.42. The van der Waals surface area contributed by atoms with Crippen molar-refractivity contribution < 1.29 is 0 Å². The molecule has 3 aromatic carbocycles. The molecule has 0 saturated heterocycles. The lowest BCUT2D eigenvalue weighted by atomic mass is 9.74. The van der Waals surface area contributed by atoms with Crippen molar-refractivity contribution in [1.29, 1.82) is 0 Å². The van der Waals surface area contributed by atoms with Crippen molar-refractivity contribution in [3.8, 4) is 35.3 Å². The Morgan fingerprint density at radius 3 is 1.30 bits per heavy atom. The molecule has 0 fully saturated rings. The van der Waals surface area contributed by atoms with Gasteiger partial charge in [0.15, 0.2) is 0 Å². The van der Waals surface area contributed by atoms with Gasteiger partial charge >= 0.3 is 0 Å². The summed E-state index contributed by atoms with van der Waals surface area (Å²) in [6.45, 7) is 14.4. The molecular formula is C34H39NSi2. The zero-order valence-corrected chi connectivity index (χ0v) is 25.2. The molecular weight excluding hydrogens is 479 g/mol. The van der Waals surface area contributed by atoms with Gasteiger partial charge in [-0.25, -0.2) is 0 Å². The lowest BCUT2D eigenvalue weighted by Crippen LogP contribution is -2.53. The average molecular weight is 518 g/mol. The minimum absolute atomic E-state index is 0.271. The Morgan fingerprint density at radius 2 is 1.00 bits per heavy atom. The second kappa shape index (κ2) is 12.3. The molecule has 0 saturated carbocycles. The van der Waals surface area contributed by atoms with E-state index in [2.05, 4.69) is 164 Å². The minimum atomic E-state index is -1.65. The SMILES string of the molecule is C#CCCN(C(C#C[Si](C)(C)C)C#C[Si](C)(C)C)C(c1ccccc1)(c1ccccc1)c1ccccc1. The molecule has 0 spiro atoms. The van der Waals surface area contributed by atoms with Crippen LogP contribution in [0.25, 0.3) is 0 Å². The molecule has 0 N–H and O–H groups in total. The van der Waals surface area contributed by atoms with E-state index in [1.807, 2.05) is 0 Å². The molecule has 0 aromatic heterocycles. The van der Waals surface area contributed by atoms with Crippen molar-refractivity contribution in [2.24, 2.45) is 0 Å². The molecule has 0 atom stereocenters. The highest BCUT2D eigenvalue weighted by Crippen LogP contribution is 2.43. The van der Waals surface area contributed by atoms with Gasteiger partial charge in [-0.15, -0.1) is 23.4 Å². The smallest absolute Gasteiger partial charge is 0.133 e. The van der Waals surface area contributed by atoms with Gasteiger partial charge in [0.2, 0.25) is 0 Å². The Morgan fingerprint density at radius 1 is 0.649 bits per heavy atom. The van der Waals surface area contributed by atoms with E-state index in [-0.39, 0.29) is 6.04 Å². The summed E-state index contributed by atoms with van der Waals surface area (Å²) in [6.07, 6.45) is 6.49. The van der Waals surface area contributed by atoms with E-state index >= 15 is 0 Å². The first kappa shape index (κ1) is 28.3. The lowest BCUT2D eigenvalue weighted by Gasteiger charge is -2.47. The summed E-state index contributed by atoms with van der Waals surface area (Å²) in [5.74, 6) is 10.3. The van der Waals surface area contributed by atoms with Crippen molar-refractivity contribution >= 4 is 16.1 Å². The van der Waals surface area contributed by atoms with Gasteiger partial charge in [0.1, 0.15) is 22.2 Å². The van der Waals surface area contributed by atoms with E-state index in [0.29, 0.717) is 13.0 Å². The lowest BCUT2D eigenvalue weighted by molar-refractivity contribution is 0.155. The molecule has 37 heavy (non-hydrogen) atoms. The van der Waals surface area contributed by atoms with Crippen LogP contribution in [0, 0.1) is 35.3 Å². The average Bonchev–Trinajstić information content (AvgIpc) is 2.87. The molecule has 0 heterocycles. The third kappa shape index (κ3) is 7.38. The first-order chi connectivity index (χ1) is 17.6. The fourth-order valence-electron chi connectivity index (χ4n) is 4.47. The van der Waals surface area contributed by atoms with Crippen LogP contribution in [0.1, 0.15) is 23.1 Å². The summed E-state index contributed by atoms with van der Waals surface area (Å²) in [6, 6.07) is 32.0. The Balaban J connectivity index is 2.47. The maximum absolute atomic E-state index is 5.89. The van der Waals surface area contributed by atoms with Crippen LogP contribution in [0.3, 0.4) is 0 Å². The van der Waals surface area contributed by atoms with Crippen LogP contribution in [0.15, 0.2) is 91.0 Å². The summed E-state index contributed by atoms with van der Waals surface area (Å²) >= 11 is 0. The van der Waals surface area contributed by atoms with Crippen LogP contribution in [0.5, 0.6) is 0 Å². The molecule has 188 valence electrons. The summed E-state index contributed by atoms with van der Waals surface area (Å²) < 4.78 is 0. The maximum atomic E-state index is 5.89. The van der Waals surface area contributed by atoms with E-state index in [0.717, 1.165) is 0 Å². The Labute approximate surface area is 227 Å². The number of benzene rings is 3. The highest BCUT2D eigenvalue weighted by atomic mass is 28.3. The molecule has 0 aliphatic heterocycles. The van der Waals surface area contributed by atoms with Gasteiger partial charge < -0.3 is 0 Å². The van der Waals surface area contributed by atoms with E-state index in [9.17, 15) is 0 Å². The first-order valence-corrected chi connectivity index (χ1v) is 20.0. The van der Waals surface area contributed by atoms with E-state index in [1.165, 1.54) is 16.7 Å². The summed E-state index contributed by atoms with van der Waals surface area (Å²) in [5, 5.41) is 0. The zero-order valence-electron chi connectivity index (χ0n) is 23.2. The van der Waals surface area contributed by atoms with E-state index < -0.39 is 21.7 Å². The van der Waals surface area contributed by atoms with Gasteiger partial charge in [-0.2, -0.15) is 0 Å². The van der Waals surface area contributed by atoms with Crippen LogP contribution < -0.4 is 0 Å². The zero-order chi connectivity index (χ0) is 26.9. The third-order valence-electron chi connectivity index (χ3n) is 5.98. The second-order valence-corrected chi connectivity index (χ2v) is 20.9. The summed E-state index contributed by atoms with van der Waals surface area (Å²) in [7, 11) is -3.31. The van der Waals surface area contributed by atoms with Crippen LogP contribution in [0.4, 0.5) is 0 Å². The van der Waals surface area contributed by atoms with Gasteiger partial charge in [0, 0.05) is 13.0 Å². The number of rotatable bonds is 7. The molecule has 0 bridgehead atoms. The fourth-order valence-corrected chi connectivity index (χ4v) is 5.61. The molecule has 0 aliphatic rings. The summed E-state index contributed by atoms with van der Waals surface area (Å²) in [5.41, 5.74) is 10.2. The minimum Gasteiger partial charge on any atom is -0.261 e. The molecule has 3 aromatic rings. The van der Waals surface area contributed by atoms with Gasteiger partial charge in [-0.3, -0.25) is 4.90 Å². The summed E-state index contributed by atoms with van der Waals surface area (Å²) in [4.78, 5) is 2.47. The first-order valence-electron chi connectivity index (χ1n) is 13.0. The van der Waals surface area contributed by atoms with Crippen molar-refractivity contribution in [3.63, 3.8) is 0 Å². The standard InChI is InChI=1S/C34H39NSi2/c1-8-9-27-35(33(25-28-36(2,3)4)26-29-37(5,6)7)34(30-19-13-10-14-20-30,31-21-15-11-16-22-31)32-23-17-12-18-24-32/h1,10-24,33H,9,27H2,2-7H3. The fraction of sp³-hybridized carbons (Fsp3) is 0.294. The van der Waals surface area contributed by atoms with Crippen molar-refractivity contribution in [2.45, 2.75) is 57.3 Å². The van der Waals surface area contributed by atoms with Crippen molar-refractivity contribution in [2.75, 3.05) is 6.54 Å². The molecule has 0 unspecified atom stereocenters. The number of nitrogens with zero attached hydrogens (tertiary/aromatic N) is 1. The monoisotopic (exact) mass is 517 g/mol. The number of hydrogen-bond donors (Lipinski definition) is 0. The van der Waals surface area contributed by atoms with Crippen LogP contribution in [-0.4, -0.2) is 33.6 Å². The van der Waals surface area contributed by atoms with Crippen LogP contribution >= 0.6 is 0 Å². The van der Waals surface area contributed by atoms with E-state index in [4.69, 9.17) is 6.42 Å². The van der Waals surface area contributed by atoms with Gasteiger partial charge in [0.25, 0.3) is 0 Å². The van der Waals surface area contributed by atoms with Gasteiger partial charge in [0.05, 0.1) is 5.54 Å². The van der Waals surface area contributed by atoms with Crippen molar-refractivity contribution in [1.82, 2.24) is 4.90 Å². The Hall–Kier alpha value is -3.27. The molecule has 3 rings (SSSR count). The quantitative estimate of drug-likeness (QED) is 0.179. The molecule has 0 aliphatic carbocycles. The topological polar surface area (TPSA) is 3.24 Å². The van der Waals surface area contributed by atoms with Gasteiger partial charge in [-0.1, -0.05) is 142 Å². The second-order valence-electron chi connectivity index (χ2n) is 11.4. The maximum Gasteiger partial charge on any atom is 0.133 e.